The van der Waals surface area contributed by atoms with Crippen molar-refractivity contribution < 1.29 is 24.2 Å². The average molecular weight is 451 g/mol. The van der Waals surface area contributed by atoms with E-state index in [1.165, 1.54) is 13.0 Å². The first-order valence-corrected chi connectivity index (χ1v) is 11.1. The fourth-order valence-corrected chi connectivity index (χ4v) is 3.92. The maximum Gasteiger partial charge on any atom is 0.407 e. The molecule has 0 aliphatic heterocycles. The second-order valence-corrected chi connectivity index (χ2v) is 8.52. The van der Waals surface area contributed by atoms with Gasteiger partial charge in [0.25, 0.3) is 0 Å². The number of benzene rings is 2. The van der Waals surface area contributed by atoms with E-state index < -0.39 is 18.1 Å². The van der Waals surface area contributed by atoms with Gasteiger partial charge in [-0.15, -0.1) is 0 Å². The van der Waals surface area contributed by atoms with E-state index >= 15 is 0 Å². The number of fused-ring (bicyclic) bond motifs is 3. The Morgan fingerprint density at radius 1 is 1.03 bits per heavy atom. The summed E-state index contributed by atoms with van der Waals surface area (Å²) in [5, 5.41) is 14.3. The molecule has 1 aliphatic rings. The molecule has 7 nitrogen and oxygen atoms in total. The van der Waals surface area contributed by atoms with Crippen LogP contribution in [0.15, 0.2) is 60.2 Å². The summed E-state index contributed by atoms with van der Waals surface area (Å²) in [4.78, 5) is 35.6. The van der Waals surface area contributed by atoms with Crippen LogP contribution in [0, 0.1) is 5.92 Å². The smallest absolute Gasteiger partial charge is 0.407 e. The van der Waals surface area contributed by atoms with Crippen molar-refractivity contribution in [1.29, 1.82) is 0 Å². The Labute approximate surface area is 193 Å². The third-order valence-corrected chi connectivity index (χ3v) is 5.90. The number of hydrogen-bond donors (Lipinski definition) is 3. The second-order valence-electron chi connectivity index (χ2n) is 8.52. The topological polar surface area (TPSA) is 105 Å². The van der Waals surface area contributed by atoms with E-state index in [9.17, 15) is 14.4 Å². The van der Waals surface area contributed by atoms with Crippen molar-refractivity contribution in [1.82, 2.24) is 10.6 Å². The van der Waals surface area contributed by atoms with Crippen molar-refractivity contribution >= 4 is 18.0 Å². The fourth-order valence-electron chi connectivity index (χ4n) is 3.92. The number of ether oxygens (including phenoxy) is 1. The molecular weight excluding hydrogens is 420 g/mol. The Kier molecular flexibility index (Phi) is 7.87. The zero-order valence-corrected chi connectivity index (χ0v) is 19.1. The number of amides is 2. The summed E-state index contributed by atoms with van der Waals surface area (Å²) in [6, 6.07) is 15.8. The summed E-state index contributed by atoms with van der Waals surface area (Å²) in [5.41, 5.74) is 4.75. The second kappa shape index (κ2) is 10.8. The van der Waals surface area contributed by atoms with Crippen molar-refractivity contribution in [3.8, 4) is 11.1 Å². The summed E-state index contributed by atoms with van der Waals surface area (Å²) >= 11 is 0. The van der Waals surface area contributed by atoms with Gasteiger partial charge in [-0.05, 0) is 35.1 Å². The van der Waals surface area contributed by atoms with Gasteiger partial charge in [0.1, 0.15) is 6.61 Å². The molecule has 0 unspecified atom stereocenters. The highest BCUT2D eigenvalue weighted by Crippen LogP contribution is 2.44. The number of carboxylic acid groups (broad SMARTS) is 1. The van der Waals surface area contributed by atoms with Gasteiger partial charge in [0.2, 0.25) is 5.91 Å². The van der Waals surface area contributed by atoms with E-state index in [-0.39, 0.29) is 42.9 Å². The molecule has 0 heterocycles. The molecule has 0 fully saturated rings. The van der Waals surface area contributed by atoms with Crippen LogP contribution in [0.5, 0.6) is 0 Å². The number of hydrogen-bond acceptors (Lipinski definition) is 4. The molecule has 2 aromatic rings. The Morgan fingerprint density at radius 2 is 1.61 bits per heavy atom. The van der Waals surface area contributed by atoms with Gasteiger partial charge in [-0.25, -0.2) is 9.59 Å². The van der Waals surface area contributed by atoms with Gasteiger partial charge in [0, 0.05) is 30.5 Å². The summed E-state index contributed by atoms with van der Waals surface area (Å²) in [6.07, 6.45) is 0.941. The van der Waals surface area contributed by atoms with Crippen LogP contribution in [0.2, 0.25) is 0 Å². The van der Waals surface area contributed by atoms with E-state index in [0.29, 0.717) is 0 Å². The molecule has 3 rings (SSSR count). The van der Waals surface area contributed by atoms with Gasteiger partial charge < -0.3 is 20.5 Å². The molecule has 0 aromatic heterocycles. The van der Waals surface area contributed by atoms with Crippen LogP contribution in [-0.4, -0.2) is 42.3 Å². The van der Waals surface area contributed by atoms with Crippen LogP contribution < -0.4 is 10.6 Å². The molecule has 174 valence electrons. The zero-order chi connectivity index (χ0) is 24.0. The van der Waals surface area contributed by atoms with Crippen molar-refractivity contribution in [2.45, 2.75) is 39.2 Å². The maximum absolute atomic E-state index is 12.6. The van der Waals surface area contributed by atoms with E-state index in [0.717, 1.165) is 22.3 Å². The standard InChI is InChI=1S/C26H30N2O5/c1-16(2)23(14-24(29)27-13-12-17(3)25(30)31)28-26(32)33-15-22-20-10-6-4-8-18(20)19-9-5-7-11-21(19)22/h4-12,16,22-23H,13-15H2,1-3H3,(H,27,29)(H,28,32)(H,30,31)/b17-12+/t23-/m0/s1. The minimum atomic E-state index is -1.03. The highest BCUT2D eigenvalue weighted by molar-refractivity contribution is 5.86. The molecule has 0 saturated heterocycles. The Balaban J connectivity index is 1.56. The van der Waals surface area contributed by atoms with Gasteiger partial charge in [0.15, 0.2) is 0 Å². The monoisotopic (exact) mass is 450 g/mol. The van der Waals surface area contributed by atoms with Crippen molar-refractivity contribution in [3.05, 3.63) is 71.3 Å². The van der Waals surface area contributed by atoms with Crippen molar-refractivity contribution in [3.63, 3.8) is 0 Å². The summed E-state index contributed by atoms with van der Waals surface area (Å²) in [6.45, 7) is 5.61. The van der Waals surface area contributed by atoms with Gasteiger partial charge in [-0.2, -0.15) is 0 Å². The average Bonchev–Trinajstić information content (AvgIpc) is 3.10. The van der Waals surface area contributed by atoms with Gasteiger partial charge >= 0.3 is 12.1 Å². The van der Waals surface area contributed by atoms with Crippen LogP contribution in [-0.2, 0) is 14.3 Å². The molecule has 0 spiro atoms. The lowest BCUT2D eigenvalue weighted by Gasteiger charge is -2.22. The SMILES string of the molecule is C/C(=C\CNC(=O)C[C@H](NC(=O)OCC1c2ccccc2-c2ccccc21)C(C)C)C(=O)O. The number of alkyl carbamates (subject to hydrolysis) is 1. The minimum absolute atomic E-state index is 0.00697. The van der Waals surface area contributed by atoms with Crippen molar-refractivity contribution in [2.75, 3.05) is 13.2 Å². The fraction of sp³-hybridized carbons (Fsp3) is 0.346. The largest absolute Gasteiger partial charge is 0.478 e. The van der Waals surface area contributed by atoms with Crippen molar-refractivity contribution in [2.24, 2.45) is 5.92 Å². The van der Waals surface area contributed by atoms with Gasteiger partial charge in [-0.3, -0.25) is 4.79 Å². The molecule has 3 N–H and O–H groups in total. The molecule has 1 aliphatic carbocycles. The maximum atomic E-state index is 12.6. The molecule has 7 heteroatoms. The lowest BCUT2D eigenvalue weighted by atomic mass is 9.98. The lowest BCUT2D eigenvalue weighted by Crippen LogP contribution is -2.42. The number of carbonyl (C=O) groups is 3. The molecular formula is C26H30N2O5. The number of rotatable bonds is 9. The molecule has 1 atom stereocenters. The first-order valence-electron chi connectivity index (χ1n) is 11.1. The van der Waals surface area contributed by atoms with Gasteiger partial charge in [-0.1, -0.05) is 68.5 Å². The van der Waals surface area contributed by atoms with E-state index in [2.05, 4.69) is 34.9 Å². The van der Waals surface area contributed by atoms with E-state index in [1.54, 1.807) is 0 Å². The summed E-state index contributed by atoms with van der Waals surface area (Å²) in [5.74, 6) is -1.33. The predicted octanol–water partition coefficient (Wildman–Crippen LogP) is 4.09. The van der Waals surface area contributed by atoms with Crippen LogP contribution in [0.25, 0.3) is 11.1 Å². The first-order chi connectivity index (χ1) is 15.8. The Bertz CT molecular complexity index is 1010. The molecule has 2 aromatic carbocycles. The Morgan fingerprint density at radius 3 is 2.15 bits per heavy atom. The molecule has 0 radical (unpaired) electrons. The quantitative estimate of drug-likeness (QED) is 0.499. The number of carbonyl (C=O) groups excluding carboxylic acids is 2. The predicted molar refractivity (Wildman–Crippen MR) is 126 cm³/mol. The van der Waals surface area contributed by atoms with Crippen LogP contribution in [0.4, 0.5) is 4.79 Å². The highest BCUT2D eigenvalue weighted by atomic mass is 16.5. The van der Waals surface area contributed by atoms with Gasteiger partial charge in [0.05, 0.1) is 0 Å². The van der Waals surface area contributed by atoms with E-state index in [4.69, 9.17) is 9.84 Å². The molecule has 2 amide bonds. The number of nitrogens with one attached hydrogen (secondary N) is 2. The van der Waals surface area contributed by atoms with Crippen LogP contribution in [0.1, 0.15) is 44.2 Å². The third-order valence-electron chi connectivity index (χ3n) is 5.90. The highest BCUT2D eigenvalue weighted by Gasteiger charge is 2.29. The first kappa shape index (κ1) is 24.0. The van der Waals surface area contributed by atoms with E-state index in [1.807, 2.05) is 38.1 Å². The lowest BCUT2D eigenvalue weighted by molar-refractivity contribution is -0.132. The van der Waals surface area contributed by atoms with Crippen LogP contribution >= 0.6 is 0 Å². The normalized spacial score (nSPS) is 13.8. The molecule has 0 bridgehead atoms. The minimum Gasteiger partial charge on any atom is -0.478 e. The number of aliphatic carboxylic acids is 1. The summed E-state index contributed by atoms with van der Waals surface area (Å²) in [7, 11) is 0. The third kappa shape index (κ3) is 6.00. The zero-order valence-electron chi connectivity index (χ0n) is 19.1. The number of carboxylic acids is 1. The van der Waals surface area contributed by atoms with Crippen LogP contribution in [0.3, 0.4) is 0 Å². The molecule has 0 saturated carbocycles. The Hall–Kier alpha value is -3.61. The molecule has 33 heavy (non-hydrogen) atoms. The summed E-state index contributed by atoms with van der Waals surface area (Å²) < 4.78 is 5.58.